The lowest BCUT2D eigenvalue weighted by molar-refractivity contribution is -0.153. The fourth-order valence-electron chi connectivity index (χ4n) is 5.92. The Labute approximate surface area is 197 Å². The van der Waals surface area contributed by atoms with Crippen LogP contribution in [0.25, 0.3) is 11.0 Å². The Morgan fingerprint density at radius 2 is 1.86 bits per heavy atom. The first-order valence-electron chi connectivity index (χ1n) is 11.3. The van der Waals surface area contributed by atoms with Crippen LogP contribution < -0.4 is 20.4 Å². The van der Waals surface area contributed by atoms with Gasteiger partial charge < -0.3 is 18.9 Å². The molecule has 184 valence electrons. The maximum Gasteiger partial charge on any atom is 0.416 e. The van der Waals surface area contributed by atoms with Crippen LogP contribution in [-0.4, -0.2) is 66.5 Å². The zero-order chi connectivity index (χ0) is 24.8. The van der Waals surface area contributed by atoms with E-state index in [0.717, 1.165) is 0 Å². The molecular formula is C22H22FN5O7. The Morgan fingerprint density at radius 3 is 2.51 bits per heavy atom. The quantitative estimate of drug-likeness (QED) is 0.567. The van der Waals surface area contributed by atoms with Crippen LogP contribution in [-0.2, 0) is 25.5 Å². The van der Waals surface area contributed by atoms with Crippen LogP contribution in [0.15, 0.2) is 10.6 Å². The fraction of sp³-hybridized carbons (Fsp3) is 0.500. The van der Waals surface area contributed by atoms with Gasteiger partial charge in [0.05, 0.1) is 35.4 Å². The van der Waals surface area contributed by atoms with Gasteiger partial charge in [0.1, 0.15) is 6.61 Å². The van der Waals surface area contributed by atoms with Crippen molar-refractivity contribution >= 4 is 46.4 Å². The lowest BCUT2D eigenvalue weighted by Gasteiger charge is -2.55. The number of halogens is 1. The summed E-state index contributed by atoms with van der Waals surface area (Å²) >= 11 is 0. The third-order valence-electron chi connectivity index (χ3n) is 7.26. The van der Waals surface area contributed by atoms with E-state index in [1.165, 1.54) is 4.90 Å². The number of hydrogen-bond acceptors (Lipinski definition) is 9. The van der Waals surface area contributed by atoms with Crippen molar-refractivity contribution in [2.45, 2.75) is 51.5 Å². The first-order valence-corrected chi connectivity index (χ1v) is 11.3. The second-order valence-corrected chi connectivity index (χ2v) is 9.51. The number of anilines is 2. The molecule has 0 aliphatic carbocycles. The molecular weight excluding hydrogens is 465 g/mol. The van der Waals surface area contributed by atoms with Crippen LogP contribution in [0, 0.1) is 11.2 Å². The second-order valence-electron chi connectivity index (χ2n) is 9.51. The highest BCUT2D eigenvalue weighted by Gasteiger charge is 2.63. The number of imide groups is 2. The molecule has 35 heavy (non-hydrogen) atoms. The minimum atomic E-state index is -1.75. The molecule has 3 saturated heterocycles. The highest BCUT2D eigenvalue weighted by molar-refractivity contribution is 6.20. The van der Waals surface area contributed by atoms with E-state index in [1.54, 1.807) is 24.8 Å². The molecule has 4 aliphatic heterocycles. The van der Waals surface area contributed by atoms with Crippen molar-refractivity contribution in [2.75, 3.05) is 23.0 Å². The number of barbiturate groups is 1. The zero-order valence-corrected chi connectivity index (χ0v) is 19.1. The smallest absolute Gasteiger partial charge is 0.416 e. The van der Waals surface area contributed by atoms with E-state index >= 15 is 4.39 Å². The number of rotatable bonds is 1. The normalized spacial score (nSPS) is 29.7. The second kappa shape index (κ2) is 7.13. The van der Waals surface area contributed by atoms with Crippen LogP contribution in [0.5, 0.6) is 0 Å². The summed E-state index contributed by atoms with van der Waals surface area (Å²) in [7, 11) is 0. The average Bonchev–Trinajstić information content (AvgIpc) is 3.33. The molecule has 2 N–H and O–H groups in total. The predicted molar refractivity (Wildman–Crippen MR) is 116 cm³/mol. The fourth-order valence-corrected chi connectivity index (χ4v) is 5.92. The van der Waals surface area contributed by atoms with Gasteiger partial charge in [0.2, 0.25) is 17.4 Å². The molecule has 4 aliphatic rings. The SMILES string of the molecule is C[C@@H]1COC(=O)N1c1noc2c(F)c3c(cc12)CC1(C(=O)NC(=O)NC1=O)[C@@H]1[C@@H](C)O[C@@H](C)CN31. The predicted octanol–water partition coefficient (Wildman–Crippen LogP) is 1.20. The number of nitrogens with zero attached hydrogens (tertiary/aromatic N) is 3. The molecule has 5 amide bonds. The lowest BCUT2D eigenvalue weighted by Crippen LogP contribution is -2.75. The van der Waals surface area contributed by atoms with Crippen LogP contribution in [0.4, 0.5) is 25.5 Å². The third kappa shape index (κ3) is 2.78. The van der Waals surface area contributed by atoms with Crippen molar-refractivity contribution in [3.8, 4) is 0 Å². The van der Waals surface area contributed by atoms with Crippen LogP contribution in [0.2, 0.25) is 0 Å². The topological polar surface area (TPSA) is 143 Å². The first-order chi connectivity index (χ1) is 16.6. The van der Waals surface area contributed by atoms with Crippen molar-refractivity contribution < 1.29 is 37.6 Å². The molecule has 13 heteroatoms. The van der Waals surface area contributed by atoms with Gasteiger partial charge >= 0.3 is 12.1 Å². The number of urea groups is 1. The Balaban J connectivity index is 1.58. The van der Waals surface area contributed by atoms with E-state index in [0.29, 0.717) is 5.56 Å². The molecule has 1 aromatic carbocycles. The van der Waals surface area contributed by atoms with Crippen molar-refractivity contribution in [2.24, 2.45) is 5.41 Å². The number of fused-ring (bicyclic) bond motifs is 5. The highest BCUT2D eigenvalue weighted by atomic mass is 19.1. The summed E-state index contributed by atoms with van der Waals surface area (Å²) in [6, 6.07) is -0.572. The molecule has 4 atom stereocenters. The summed E-state index contributed by atoms with van der Waals surface area (Å²) in [6.45, 7) is 5.60. The summed E-state index contributed by atoms with van der Waals surface area (Å²) in [6.07, 6.45) is -1.81. The monoisotopic (exact) mass is 487 g/mol. The Morgan fingerprint density at radius 1 is 1.14 bits per heavy atom. The Bertz CT molecular complexity index is 1300. The Hall–Kier alpha value is -3.74. The number of cyclic esters (lactones) is 1. The largest absolute Gasteiger partial charge is 0.447 e. The maximum absolute atomic E-state index is 16.1. The summed E-state index contributed by atoms with van der Waals surface area (Å²) in [4.78, 5) is 53.6. The molecule has 0 unspecified atom stereocenters. The number of ether oxygens (including phenoxy) is 2. The van der Waals surface area contributed by atoms with Crippen LogP contribution in [0.3, 0.4) is 0 Å². The maximum atomic E-state index is 16.1. The first kappa shape index (κ1) is 21.8. The number of carbonyl (C=O) groups is 4. The van der Waals surface area contributed by atoms with Crippen LogP contribution in [0.1, 0.15) is 26.3 Å². The van der Waals surface area contributed by atoms with Gasteiger partial charge in [-0.15, -0.1) is 0 Å². The van der Waals surface area contributed by atoms with Crippen molar-refractivity contribution in [3.63, 3.8) is 0 Å². The van der Waals surface area contributed by atoms with E-state index in [-0.39, 0.29) is 54.2 Å². The van der Waals surface area contributed by atoms with Gasteiger partial charge in [-0.3, -0.25) is 25.1 Å². The van der Waals surface area contributed by atoms with E-state index in [1.807, 2.05) is 6.92 Å². The van der Waals surface area contributed by atoms with E-state index in [4.69, 9.17) is 14.0 Å². The summed E-state index contributed by atoms with van der Waals surface area (Å²) in [5, 5.41) is 8.55. The molecule has 1 aromatic heterocycles. The molecule has 2 aromatic rings. The molecule has 0 saturated carbocycles. The molecule has 0 bridgehead atoms. The molecule has 3 fully saturated rings. The molecule has 0 radical (unpaired) electrons. The molecule has 5 heterocycles. The summed E-state index contributed by atoms with van der Waals surface area (Å²) in [5.41, 5.74) is -1.39. The number of morpholine rings is 1. The average molecular weight is 487 g/mol. The van der Waals surface area contributed by atoms with E-state index in [2.05, 4.69) is 15.8 Å². The number of amides is 5. The van der Waals surface area contributed by atoms with E-state index in [9.17, 15) is 19.2 Å². The zero-order valence-electron chi connectivity index (χ0n) is 19.1. The molecule has 12 nitrogen and oxygen atoms in total. The van der Waals surface area contributed by atoms with Crippen LogP contribution >= 0.6 is 0 Å². The van der Waals surface area contributed by atoms with Gasteiger partial charge in [-0.1, -0.05) is 5.16 Å². The number of aromatic nitrogens is 1. The molecule has 1 spiro atoms. The third-order valence-corrected chi connectivity index (χ3v) is 7.26. The molecule has 6 rings (SSSR count). The van der Waals surface area contributed by atoms with E-state index < -0.39 is 47.3 Å². The lowest BCUT2D eigenvalue weighted by atomic mass is 9.66. The van der Waals surface area contributed by atoms with Crippen molar-refractivity contribution in [1.82, 2.24) is 15.8 Å². The summed E-state index contributed by atoms with van der Waals surface area (Å²) in [5.74, 6) is -2.19. The summed E-state index contributed by atoms with van der Waals surface area (Å²) < 4.78 is 32.4. The Kier molecular flexibility index (Phi) is 4.44. The van der Waals surface area contributed by atoms with Gasteiger partial charge in [0.15, 0.2) is 17.1 Å². The number of nitrogens with one attached hydrogen (secondary N) is 2. The van der Waals surface area contributed by atoms with Gasteiger partial charge in [0, 0.05) is 13.0 Å². The number of hydrogen-bond donors (Lipinski definition) is 2. The minimum Gasteiger partial charge on any atom is -0.447 e. The van der Waals surface area contributed by atoms with Gasteiger partial charge in [-0.05, 0) is 32.4 Å². The number of benzene rings is 1. The highest BCUT2D eigenvalue weighted by Crippen LogP contribution is 2.49. The van der Waals surface area contributed by atoms with Crippen molar-refractivity contribution in [3.05, 3.63) is 17.4 Å². The van der Waals surface area contributed by atoms with Crippen molar-refractivity contribution in [1.29, 1.82) is 0 Å². The van der Waals surface area contributed by atoms with Gasteiger partial charge in [0.25, 0.3) is 0 Å². The minimum absolute atomic E-state index is 0.0873. The number of carbonyl (C=O) groups excluding carboxylic acids is 4. The van der Waals surface area contributed by atoms with Gasteiger partial charge in [-0.25, -0.2) is 14.0 Å². The standard InChI is InChI=1S/C22H22FN5O7/c1-8-7-33-21(32)28(8)17-12-4-11-5-22(18(29)24-20(31)25-19(22)30)16-10(3)34-9(2)6-27(16)14(11)13(23)15(12)35-26-17/h4,8-10,16H,5-7H2,1-3H3,(H2,24,25,29,30,31)/t8-,9+,10-,16+/m1/s1. The van der Waals surface area contributed by atoms with Gasteiger partial charge in [-0.2, -0.15) is 0 Å².